The van der Waals surface area contributed by atoms with Gasteiger partial charge in [-0.25, -0.2) is 4.68 Å². The molecule has 0 radical (unpaired) electrons. The fourth-order valence-corrected chi connectivity index (χ4v) is 2.38. The lowest BCUT2D eigenvalue weighted by Gasteiger charge is -2.21. The van der Waals surface area contributed by atoms with Gasteiger partial charge in [-0.2, -0.15) is 13.2 Å². The topological polar surface area (TPSA) is 88.3 Å². The third-order valence-corrected chi connectivity index (χ3v) is 3.37. The Bertz CT molecular complexity index is 802. The molecule has 2 aromatic rings. The van der Waals surface area contributed by atoms with Gasteiger partial charge < -0.3 is 10.0 Å². The quantitative estimate of drug-likeness (QED) is 0.844. The first-order chi connectivity index (χ1) is 12.1. The number of hydrogen-bond donors (Lipinski definition) is 1. The molecule has 0 bridgehead atoms. The summed E-state index contributed by atoms with van der Waals surface area (Å²) in [7, 11) is 0. The molecule has 1 heterocycles. The average molecular weight is 370 g/mol. The highest BCUT2D eigenvalue weighted by atomic mass is 19.4. The predicted octanol–water partition coefficient (Wildman–Crippen LogP) is 2.47. The normalized spacial score (nSPS) is 11.6. The van der Waals surface area contributed by atoms with E-state index in [1.807, 2.05) is 0 Å². The maximum Gasteiger partial charge on any atom is 0.418 e. The van der Waals surface area contributed by atoms with Gasteiger partial charge in [0.05, 0.1) is 17.4 Å². The Hall–Kier alpha value is -2.91. The summed E-state index contributed by atoms with van der Waals surface area (Å²) in [6.45, 7) is 3.23. The van der Waals surface area contributed by atoms with Gasteiger partial charge in [0.1, 0.15) is 6.54 Å². The fraction of sp³-hybridized carbons (Fsp3) is 0.375. The minimum atomic E-state index is -4.60. The van der Waals surface area contributed by atoms with E-state index in [-0.39, 0.29) is 23.8 Å². The van der Waals surface area contributed by atoms with Crippen LogP contribution in [-0.2, 0) is 11.0 Å². The largest absolute Gasteiger partial charge is 0.480 e. The van der Waals surface area contributed by atoms with Crippen LogP contribution in [0.25, 0.3) is 5.69 Å². The Kier molecular flexibility index (Phi) is 5.63. The number of aliphatic carboxylic acids is 1. The number of rotatable bonds is 6. The molecule has 140 valence electrons. The maximum absolute atomic E-state index is 13.1. The number of carbonyl (C=O) groups excluding carboxylic acids is 1. The molecule has 0 saturated heterocycles. The van der Waals surface area contributed by atoms with Crippen LogP contribution in [0.4, 0.5) is 13.2 Å². The zero-order chi connectivity index (χ0) is 19.5. The van der Waals surface area contributed by atoms with E-state index in [1.165, 1.54) is 18.2 Å². The molecule has 26 heavy (non-hydrogen) atoms. The van der Waals surface area contributed by atoms with Crippen LogP contribution in [0, 0.1) is 5.92 Å². The number of para-hydroxylation sites is 1. The number of halogens is 3. The molecule has 0 unspecified atom stereocenters. The smallest absolute Gasteiger partial charge is 0.418 e. The Labute approximate surface area is 147 Å². The van der Waals surface area contributed by atoms with Crippen LogP contribution in [0.3, 0.4) is 0 Å². The Morgan fingerprint density at radius 1 is 1.27 bits per heavy atom. The van der Waals surface area contributed by atoms with E-state index >= 15 is 0 Å². The van der Waals surface area contributed by atoms with Gasteiger partial charge in [0.2, 0.25) is 0 Å². The molecular weight excluding hydrogens is 353 g/mol. The summed E-state index contributed by atoms with van der Waals surface area (Å²) in [6, 6.07) is 4.75. The van der Waals surface area contributed by atoms with E-state index in [1.54, 1.807) is 13.8 Å². The van der Waals surface area contributed by atoms with Crippen molar-refractivity contribution in [3.63, 3.8) is 0 Å². The molecule has 0 aliphatic rings. The van der Waals surface area contributed by atoms with Crippen molar-refractivity contribution in [3.05, 3.63) is 41.7 Å². The van der Waals surface area contributed by atoms with Gasteiger partial charge in [-0.15, -0.1) is 5.10 Å². The second-order valence-electron chi connectivity index (χ2n) is 6.04. The number of nitrogens with zero attached hydrogens (tertiary/aromatic N) is 4. The fourth-order valence-electron chi connectivity index (χ4n) is 2.38. The average Bonchev–Trinajstić information content (AvgIpc) is 3.01. The van der Waals surface area contributed by atoms with Gasteiger partial charge in [-0.05, 0) is 18.1 Å². The predicted molar refractivity (Wildman–Crippen MR) is 84.7 cm³/mol. The van der Waals surface area contributed by atoms with Crippen molar-refractivity contribution in [2.45, 2.75) is 20.0 Å². The summed E-state index contributed by atoms with van der Waals surface area (Å²) in [5.41, 5.74) is -1.43. The molecule has 2 rings (SSSR count). The van der Waals surface area contributed by atoms with E-state index in [9.17, 15) is 22.8 Å². The molecule has 0 atom stereocenters. The first-order valence-corrected chi connectivity index (χ1v) is 7.69. The van der Waals surface area contributed by atoms with E-state index in [0.29, 0.717) is 0 Å². The molecule has 0 spiro atoms. The van der Waals surface area contributed by atoms with Gasteiger partial charge in [-0.3, -0.25) is 9.59 Å². The summed E-state index contributed by atoms with van der Waals surface area (Å²) >= 11 is 0. The molecule has 1 aromatic heterocycles. The van der Waals surface area contributed by atoms with Crippen LogP contribution in [0.2, 0.25) is 0 Å². The molecule has 0 aliphatic carbocycles. The first kappa shape index (κ1) is 19.4. The minimum absolute atomic E-state index is 0.000648. The van der Waals surface area contributed by atoms with Crippen molar-refractivity contribution in [3.8, 4) is 5.69 Å². The lowest BCUT2D eigenvalue weighted by Crippen LogP contribution is -2.38. The second-order valence-corrected chi connectivity index (χ2v) is 6.04. The van der Waals surface area contributed by atoms with E-state index < -0.39 is 30.2 Å². The number of carboxylic acids is 1. The van der Waals surface area contributed by atoms with Gasteiger partial charge in [0.25, 0.3) is 5.91 Å². The number of carbonyl (C=O) groups is 2. The molecule has 1 aromatic carbocycles. The number of amides is 1. The van der Waals surface area contributed by atoms with E-state index in [4.69, 9.17) is 5.11 Å². The number of alkyl halides is 3. The monoisotopic (exact) mass is 370 g/mol. The van der Waals surface area contributed by atoms with Crippen molar-refractivity contribution in [1.82, 2.24) is 19.9 Å². The number of hydrogen-bond acceptors (Lipinski definition) is 4. The number of benzene rings is 1. The second kappa shape index (κ2) is 7.54. The number of aromatic nitrogens is 3. The number of carboxylic acid groups (broad SMARTS) is 1. The third-order valence-electron chi connectivity index (χ3n) is 3.37. The van der Waals surface area contributed by atoms with Crippen LogP contribution in [0.5, 0.6) is 0 Å². The molecule has 7 nitrogen and oxygen atoms in total. The van der Waals surface area contributed by atoms with Crippen LogP contribution in [-0.4, -0.2) is 50.0 Å². The lowest BCUT2D eigenvalue weighted by molar-refractivity contribution is -0.138. The van der Waals surface area contributed by atoms with Crippen molar-refractivity contribution in [2.75, 3.05) is 13.1 Å². The van der Waals surface area contributed by atoms with Crippen LogP contribution >= 0.6 is 0 Å². The van der Waals surface area contributed by atoms with Crippen molar-refractivity contribution >= 4 is 11.9 Å². The lowest BCUT2D eigenvalue weighted by atomic mass is 10.1. The summed E-state index contributed by atoms with van der Waals surface area (Å²) in [5.74, 6) is -1.91. The molecule has 1 amide bonds. The van der Waals surface area contributed by atoms with Crippen molar-refractivity contribution < 1.29 is 27.9 Å². The van der Waals surface area contributed by atoms with Crippen molar-refractivity contribution in [2.24, 2.45) is 5.92 Å². The standard InChI is InChI=1S/C16H17F3N4O3/c1-10(2)7-22(9-14(24)25)15(26)12-8-23(21-20-12)13-6-4-3-5-11(13)16(17,18)19/h3-6,8,10H,7,9H2,1-2H3,(H,24,25). The highest BCUT2D eigenvalue weighted by molar-refractivity contribution is 5.93. The van der Waals surface area contributed by atoms with E-state index in [0.717, 1.165) is 21.8 Å². The highest BCUT2D eigenvalue weighted by Gasteiger charge is 2.34. The Morgan fingerprint density at radius 2 is 1.92 bits per heavy atom. The first-order valence-electron chi connectivity index (χ1n) is 7.69. The van der Waals surface area contributed by atoms with Gasteiger partial charge in [0.15, 0.2) is 5.69 Å². The van der Waals surface area contributed by atoms with Gasteiger partial charge in [0, 0.05) is 6.54 Å². The molecular formula is C16H17F3N4O3. The Balaban J connectivity index is 2.35. The van der Waals surface area contributed by atoms with Gasteiger partial charge in [-0.1, -0.05) is 31.2 Å². The van der Waals surface area contributed by atoms with Crippen LogP contribution in [0.15, 0.2) is 30.5 Å². The van der Waals surface area contributed by atoms with Gasteiger partial charge >= 0.3 is 12.1 Å². The molecule has 0 saturated carbocycles. The summed E-state index contributed by atoms with van der Waals surface area (Å²) in [4.78, 5) is 24.5. The molecule has 0 aliphatic heterocycles. The molecule has 1 N–H and O–H groups in total. The highest BCUT2D eigenvalue weighted by Crippen LogP contribution is 2.33. The maximum atomic E-state index is 13.1. The van der Waals surface area contributed by atoms with Crippen LogP contribution < -0.4 is 0 Å². The van der Waals surface area contributed by atoms with E-state index in [2.05, 4.69) is 10.3 Å². The SMILES string of the molecule is CC(C)CN(CC(=O)O)C(=O)c1cn(-c2ccccc2C(F)(F)F)nn1. The zero-order valence-electron chi connectivity index (χ0n) is 14.1. The van der Waals surface area contributed by atoms with Crippen LogP contribution in [0.1, 0.15) is 29.9 Å². The minimum Gasteiger partial charge on any atom is -0.480 e. The van der Waals surface area contributed by atoms with Crippen molar-refractivity contribution in [1.29, 1.82) is 0 Å². The molecule has 0 fully saturated rings. The zero-order valence-corrected chi connectivity index (χ0v) is 14.1. The summed E-state index contributed by atoms with van der Waals surface area (Å²) in [6.07, 6.45) is -3.54. The molecule has 10 heteroatoms. The summed E-state index contributed by atoms with van der Waals surface area (Å²) < 4.78 is 40.2. The Morgan fingerprint density at radius 3 is 2.50 bits per heavy atom. The third kappa shape index (κ3) is 4.58. The summed E-state index contributed by atoms with van der Waals surface area (Å²) in [5, 5.41) is 16.1.